The Kier molecular flexibility index (Phi) is 4.94. The van der Waals surface area contributed by atoms with Gasteiger partial charge in [-0.1, -0.05) is 200 Å². The lowest BCUT2D eigenvalue weighted by atomic mass is 10.1. The van der Waals surface area contributed by atoms with Crippen LogP contribution < -0.4 is 20.7 Å². The molecule has 0 fully saturated rings. The molecule has 10 aromatic carbocycles. The van der Waals surface area contributed by atoms with Gasteiger partial charge in [0.2, 0.25) is 0 Å². The molecular formula is C60H40N2SSi. The SMILES string of the molecule is [2H]c1c([2H])c([Si](c2ccccc2)(c2ccccc2)c2cccc(-c3ccccc3)c2)c([2H])c([2H])c1-n1c2c([2H])c([2H])c([2H])c([2H])c2c2c([2H])c(-n3c4c([2H])c([2H])c([2H])c([2H])c4c4c([2H])c([2H])c([2H])c([2H])c43)c3sc4c([2H])c([2H])c([2H])c([2H])c4c3c21. The first-order valence-corrected chi connectivity index (χ1v) is 23.1. The summed E-state index contributed by atoms with van der Waals surface area (Å²) in [6.07, 6.45) is 0. The maximum Gasteiger partial charge on any atom is 0.179 e. The minimum absolute atomic E-state index is 0.0285. The molecule has 0 bridgehead atoms. The molecule has 0 radical (unpaired) electrons. The van der Waals surface area contributed by atoms with Crippen LogP contribution in [0.25, 0.3) is 86.3 Å². The summed E-state index contributed by atoms with van der Waals surface area (Å²) < 4.78 is 201. The van der Waals surface area contributed by atoms with Crippen molar-refractivity contribution < 1.29 is 28.8 Å². The summed E-state index contributed by atoms with van der Waals surface area (Å²) in [6.45, 7) is 0. The first-order chi connectivity index (χ1) is 40.5. The third-order valence-corrected chi connectivity index (χ3v) is 17.6. The van der Waals surface area contributed by atoms with Gasteiger partial charge in [0, 0.05) is 42.7 Å². The fourth-order valence-corrected chi connectivity index (χ4v) is 14.8. The number of fused-ring (bicyclic) bond motifs is 10. The highest BCUT2D eigenvalue weighted by Gasteiger charge is 2.41. The van der Waals surface area contributed by atoms with Gasteiger partial charge in [0.1, 0.15) is 0 Å². The molecule has 0 aliphatic carbocycles. The molecule has 0 amide bonds. The zero-order valence-electron chi connectivity index (χ0n) is 54.3. The third kappa shape index (κ3) is 5.43. The summed E-state index contributed by atoms with van der Waals surface area (Å²) in [7, 11) is -4.06. The van der Waals surface area contributed by atoms with Crippen molar-refractivity contribution in [1.29, 1.82) is 0 Å². The lowest BCUT2D eigenvalue weighted by Gasteiger charge is -2.35. The average Bonchev–Trinajstić information content (AvgIpc) is 1.57. The van der Waals surface area contributed by atoms with Gasteiger partial charge in [0.15, 0.2) is 8.07 Å². The second-order valence-electron chi connectivity index (χ2n) is 15.2. The monoisotopic (exact) mass is 869 g/mol. The zero-order valence-corrected chi connectivity index (χ0v) is 35.1. The molecule has 2 nitrogen and oxygen atoms in total. The van der Waals surface area contributed by atoms with E-state index in [9.17, 15) is 17.8 Å². The van der Waals surface area contributed by atoms with Crippen LogP contribution in [-0.2, 0) is 0 Å². The van der Waals surface area contributed by atoms with Gasteiger partial charge in [-0.05, 0) is 74.2 Å². The van der Waals surface area contributed by atoms with Gasteiger partial charge in [0.05, 0.1) is 61.2 Å². The quantitative estimate of drug-likeness (QED) is 0.112. The number of para-hydroxylation sites is 3. The van der Waals surface area contributed by atoms with E-state index in [0.29, 0.717) is 26.9 Å². The lowest BCUT2D eigenvalue weighted by molar-refractivity contribution is 1.18. The Balaban J connectivity index is 1.28. The van der Waals surface area contributed by atoms with Crippen molar-refractivity contribution >= 4 is 104 Å². The van der Waals surface area contributed by atoms with Gasteiger partial charge in [-0.15, -0.1) is 11.3 Å². The van der Waals surface area contributed by atoms with Gasteiger partial charge >= 0.3 is 0 Å². The van der Waals surface area contributed by atoms with Crippen LogP contribution in [0.4, 0.5) is 0 Å². The van der Waals surface area contributed by atoms with Crippen molar-refractivity contribution in [2.24, 2.45) is 0 Å². The largest absolute Gasteiger partial charge is 0.309 e. The Morgan fingerprint density at radius 3 is 1.53 bits per heavy atom. The Labute approximate surface area is 405 Å². The fourth-order valence-electron chi connectivity index (χ4n) is 9.25. The summed E-state index contributed by atoms with van der Waals surface area (Å²) in [6, 6.07) is 21.0. The van der Waals surface area contributed by atoms with Crippen LogP contribution in [0.2, 0.25) is 0 Å². The average molecular weight is 870 g/mol. The summed E-state index contributed by atoms with van der Waals surface area (Å²) in [5.74, 6) is 0. The minimum Gasteiger partial charge on any atom is -0.309 e. The van der Waals surface area contributed by atoms with E-state index in [4.69, 9.17) is 11.0 Å². The van der Waals surface area contributed by atoms with E-state index in [1.54, 1.807) is 0 Å². The van der Waals surface area contributed by atoms with Crippen molar-refractivity contribution in [1.82, 2.24) is 9.13 Å². The molecule has 0 saturated heterocycles. The molecule has 0 aliphatic rings. The smallest absolute Gasteiger partial charge is 0.179 e. The van der Waals surface area contributed by atoms with Gasteiger partial charge in [0.25, 0.3) is 0 Å². The molecule has 0 atom stereocenters. The molecule has 3 aromatic heterocycles. The van der Waals surface area contributed by atoms with E-state index in [1.807, 2.05) is 115 Å². The Bertz CT molecular complexity index is 5000. The first kappa shape index (κ1) is 21.5. The van der Waals surface area contributed by atoms with Crippen LogP contribution in [0.15, 0.2) is 242 Å². The molecule has 0 spiro atoms. The number of hydrogen-bond donors (Lipinski definition) is 0. The maximum atomic E-state index is 10.6. The van der Waals surface area contributed by atoms with E-state index < -0.39 is 174 Å². The molecule has 64 heavy (non-hydrogen) atoms. The van der Waals surface area contributed by atoms with Crippen molar-refractivity contribution in [3.8, 4) is 22.5 Å². The topological polar surface area (TPSA) is 9.86 Å². The molecule has 300 valence electrons. The van der Waals surface area contributed by atoms with Gasteiger partial charge in [-0.3, -0.25) is 0 Å². The van der Waals surface area contributed by atoms with Crippen LogP contribution in [0, 0.1) is 0 Å². The van der Waals surface area contributed by atoms with Crippen molar-refractivity contribution in [2.45, 2.75) is 0 Å². The van der Waals surface area contributed by atoms with E-state index in [0.717, 1.165) is 20.3 Å². The third-order valence-electron chi connectivity index (χ3n) is 11.9. The highest BCUT2D eigenvalue weighted by atomic mass is 32.1. The molecule has 13 aromatic rings. The standard InChI is InChI=1S/C60H40N2SSi/c1-4-19-41(20-5-1)42-21-18-26-47(39-42)64(44-22-6-2-7-23-44,45-24-8-3-9-25-45)46-37-35-43(36-38-46)61-53-31-14-12-29-50(53)52-40-56(60-58(59(52)61)51-30-13-17-34-57(51)63-60)62-54-32-15-10-27-48(54)49-28-11-16-33-55(49)62/h1-40H/i10D,11D,12D,13D,14D,15D,16D,17D,27D,28D,29D,30D,31D,32D,33D,34D,35D,36D,37D,38D,40D. The second-order valence-corrected chi connectivity index (χ2v) is 20.0. The van der Waals surface area contributed by atoms with E-state index in [1.165, 1.54) is 0 Å². The van der Waals surface area contributed by atoms with Gasteiger partial charge in [-0.2, -0.15) is 0 Å². The van der Waals surface area contributed by atoms with Crippen LogP contribution >= 0.6 is 11.3 Å². The van der Waals surface area contributed by atoms with Crippen LogP contribution in [0.5, 0.6) is 0 Å². The molecular weight excluding hydrogens is 809 g/mol. The number of thiophene rings is 1. The van der Waals surface area contributed by atoms with Crippen LogP contribution in [-0.4, -0.2) is 17.2 Å². The summed E-state index contributed by atoms with van der Waals surface area (Å²) in [4.78, 5) is 0. The molecule has 0 aliphatic heterocycles. The Hall–Kier alpha value is -7.76. The molecule has 0 saturated carbocycles. The predicted octanol–water partition coefficient (Wildman–Crippen LogP) is 13.3. The summed E-state index contributed by atoms with van der Waals surface area (Å²) in [5, 5.41) is 0.0975. The van der Waals surface area contributed by atoms with Crippen molar-refractivity contribution in [2.75, 3.05) is 0 Å². The number of rotatable bonds is 7. The molecule has 0 N–H and O–H groups in total. The number of nitrogens with zero attached hydrogens (tertiary/aromatic N) is 2. The normalized spacial score (nSPS) is 16.7. The van der Waals surface area contributed by atoms with Gasteiger partial charge < -0.3 is 9.13 Å². The van der Waals surface area contributed by atoms with Gasteiger partial charge in [-0.25, -0.2) is 0 Å². The first-order valence-electron chi connectivity index (χ1n) is 30.8. The number of aromatic nitrogens is 2. The Morgan fingerprint density at radius 1 is 0.406 bits per heavy atom. The second kappa shape index (κ2) is 14.7. The van der Waals surface area contributed by atoms with E-state index in [-0.39, 0.29) is 41.6 Å². The maximum absolute atomic E-state index is 10.6. The summed E-state index contributed by atoms with van der Waals surface area (Å²) in [5.41, 5.74) is -0.915. The predicted molar refractivity (Wildman–Crippen MR) is 277 cm³/mol. The molecule has 0 unspecified atom stereocenters. The molecule has 3 heterocycles. The number of hydrogen-bond acceptors (Lipinski definition) is 1. The highest BCUT2D eigenvalue weighted by Crippen LogP contribution is 2.47. The lowest BCUT2D eigenvalue weighted by Crippen LogP contribution is -2.74. The number of benzene rings is 10. The van der Waals surface area contributed by atoms with Crippen LogP contribution in [0.1, 0.15) is 28.8 Å². The van der Waals surface area contributed by atoms with Crippen molar-refractivity contribution in [3.05, 3.63) is 242 Å². The Morgan fingerprint density at radius 2 is 0.906 bits per heavy atom. The van der Waals surface area contributed by atoms with Crippen molar-refractivity contribution in [3.63, 3.8) is 0 Å². The van der Waals surface area contributed by atoms with E-state index in [2.05, 4.69) is 0 Å². The minimum atomic E-state index is -4.06. The summed E-state index contributed by atoms with van der Waals surface area (Å²) >= 11 is 0.693. The zero-order chi connectivity index (χ0) is 60.5. The van der Waals surface area contributed by atoms with E-state index >= 15 is 0 Å². The molecule has 13 rings (SSSR count). The highest BCUT2D eigenvalue weighted by molar-refractivity contribution is 7.26. The fraction of sp³-hybridized carbons (Fsp3) is 0. The molecule has 4 heteroatoms. The van der Waals surface area contributed by atoms with Crippen LogP contribution in [0.3, 0.4) is 0 Å².